The molecule has 0 bridgehead atoms. The third kappa shape index (κ3) is 4.95. The van der Waals surface area contributed by atoms with Crippen LogP contribution in [-0.2, 0) is 24.1 Å². The molecule has 2 aliphatic rings. The third-order valence-corrected chi connectivity index (χ3v) is 6.07. The first-order chi connectivity index (χ1) is 14.6. The normalized spacial score (nSPS) is 18.0. The van der Waals surface area contributed by atoms with Gasteiger partial charge in [-0.3, -0.25) is 0 Å². The van der Waals surface area contributed by atoms with Crippen LogP contribution in [0.15, 0.2) is 30.5 Å². The number of amides is 2. The number of carbonyl (C=O) groups excluding carboxylic acids is 1. The second-order valence-electron chi connectivity index (χ2n) is 8.15. The van der Waals surface area contributed by atoms with Gasteiger partial charge in [-0.25, -0.2) is 19.2 Å². The van der Waals surface area contributed by atoms with Gasteiger partial charge in [-0.1, -0.05) is 19.1 Å². The van der Waals surface area contributed by atoms with E-state index in [-0.39, 0.29) is 17.9 Å². The molecular formula is C23H29FN4O2. The van der Waals surface area contributed by atoms with Crippen LogP contribution in [-0.4, -0.2) is 40.7 Å². The van der Waals surface area contributed by atoms with Crippen LogP contribution in [0.3, 0.4) is 0 Å². The van der Waals surface area contributed by atoms with Gasteiger partial charge >= 0.3 is 6.03 Å². The number of benzene rings is 1. The second kappa shape index (κ2) is 9.51. The lowest BCUT2D eigenvalue weighted by atomic mass is 9.96. The highest BCUT2D eigenvalue weighted by Gasteiger charge is 2.25. The van der Waals surface area contributed by atoms with Crippen LogP contribution in [0.5, 0.6) is 0 Å². The predicted octanol–water partition coefficient (Wildman–Crippen LogP) is 3.80. The van der Waals surface area contributed by atoms with Gasteiger partial charge in [-0.2, -0.15) is 0 Å². The molecule has 1 aromatic carbocycles. The minimum Gasteiger partial charge on any atom is -0.381 e. The van der Waals surface area contributed by atoms with Crippen molar-refractivity contribution in [1.82, 2.24) is 20.2 Å². The predicted molar refractivity (Wildman–Crippen MR) is 111 cm³/mol. The molecule has 2 aromatic rings. The highest BCUT2D eigenvalue weighted by molar-refractivity contribution is 5.75. The Morgan fingerprint density at radius 1 is 1.30 bits per heavy atom. The SMILES string of the molecule is CC[C@@H](NC(=O)N1CCc2cnc(CC3CCOCC3)nc2C1)c1ccc(F)cc1. The van der Waals surface area contributed by atoms with Crippen LogP contribution in [0.25, 0.3) is 0 Å². The third-order valence-electron chi connectivity index (χ3n) is 6.07. The number of aromatic nitrogens is 2. The summed E-state index contributed by atoms with van der Waals surface area (Å²) >= 11 is 0. The highest BCUT2D eigenvalue weighted by Crippen LogP contribution is 2.22. The zero-order valence-electron chi connectivity index (χ0n) is 17.4. The minimum absolute atomic E-state index is 0.110. The van der Waals surface area contributed by atoms with Crippen molar-refractivity contribution in [2.75, 3.05) is 19.8 Å². The van der Waals surface area contributed by atoms with Crippen LogP contribution in [0.4, 0.5) is 9.18 Å². The molecular weight excluding hydrogens is 383 g/mol. The molecule has 7 heteroatoms. The molecule has 2 amide bonds. The monoisotopic (exact) mass is 412 g/mol. The molecule has 30 heavy (non-hydrogen) atoms. The summed E-state index contributed by atoms with van der Waals surface area (Å²) in [6, 6.07) is 6.06. The van der Waals surface area contributed by atoms with Gasteiger partial charge in [0.2, 0.25) is 0 Å². The molecule has 3 heterocycles. The standard InChI is InChI=1S/C23H29FN4O2/c1-2-20(17-3-5-19(24)6-4-17)27-23(29)28-10-7-18-14-25-22(26-21(18)15-28)13-16-8-11-30-12-9-16/h3-6,14,16,20H,2,7-13,15H2,1H3,(H,27,29)/t20-/m1/s1. The fourth-order valence-electron chi connectivity index (χ4n) is 4.18. The van der Waals surface area contributed by atoms with E-state index in [9.17, 15) is 9.18 Å². The van der Waals surface area contributed by atoms with Crippen molar-refractivity contribution >= 4 is 6.03 Å². The fraction of sp³-hybridized carbons (Fsp3) is 0.522. The van der Waals surface area contributed by atoms with Gasteiger partial charge in [-0.05, 0) is 54.9 Å². The van der Waals surface area contributed by atoms with E-state index in [0.29, 0.717) is 19.0 Å². The maximum Gasteiger partial charge on any atom is 0.318 e. The van der Waals surface area contributed by atoms with Gasteiger partial charge in [0.15, 0.2) is 0 Å². The van der Waals surface area contributed by atoms with Gasteiger partial charge in [0.25, 0.3) is 0 Å². The number of rotatable bonds is 5. The van der Waals surface area contributed by atoms with E-state index in [1.54, 1.807) is 17.0 Å². The molecule has 1 saturated heterocycles. The van der Waals surface area contributed by atoms with E-state index in [1.165, 1.54) is 12.1 Å². The van der Waals surface area contributed by atoms with Crippen molar-refractivity contribution in [3.05, 3.63) is 58.9 Å². The minimum atomic E-state index is -0.274. The Bertz CT molecular complexity index is 868. The van der Waals surface area contributed by atoms with E-state index in [0.717, 1.165) is 68.0 Å². The van der Waals surface area contributed by atoms with Crippen LogP contribution in [0.2, 0.25) is 0 Å². The molecule has 0 aliphatic carbocycles. The summed E-state index contributed by atoms with van der Waals surface area (Å²) in [5.74, 6) is 1.16. The van der Waals surface area contributed by atoms with Crippen LogP contribution < -0.4 is 5.32 Å². The number of ether oxygens (including phenoxy) is 1. The molecule has 1 fully saturated rings. The van der Waals surface area contributed by atoms with E-state index in [4.69, 9.17) is 9.72 Å². The lowest BCUT2D eigenvalue weighted by molar-refractivity contribution is 0.0659. The van der Waals surface area contributed by atoms with Crippen molar-refractivity contribution in [2.24, 2.45) is 5.92 Å². The first-order valence-corrected chi connectivity index (χ1v) is 10.8. The zero-order chi connectivity index (χ0) is 20.9. The van der Waals surface area contributed by atoms with Crippen molar-refractivity contribution in [2.45, 2.75) is 51.6 Å². The first kappa shape index (κ1) is 20.7. The van der Waals surface area contributed by atoms with Crippen molar-refractivity contribution < 1.29 is 13.9 Å². The van der Waals surface area contributed by atoms with Crippen LogP contribution >= 0.6 is 0 Å². The number of nitrogens with zero attached hydrogens (tertiary/aromatic N) is 3. The van der Waals surface area contributed by atoms with Crippen molar-refractivity contribution in [3.63, 3.8) is 0 Å². The van der Waals surface area contributed by atoms with Gasteiger partial charge in [-0.15, -0.1) is 0 Å². The summed E-state index contributed by atoms with van der Waals surface area (Å²) in [6.07, 6.45) is 6.39. The summed E-state index contributed by atoms with van der Waals surface area (Å²) in [7, 11) is 0. The maximum atomic E-state index is 13.2. The Labute approximate surface area is 176 Å². The summed E-state index contributed by atoms with van der Waals surface area (Å²) in [5.41, 5.74) is 2.98. The molecule has 0 unspecified atom stereocenters. The van der Waals surface area contributed by atoms with Gasteiger partial charge in [0.05, 0.1) is 18.3 Å². The Kier molecular flexibility index (Phi) is 6.57. The van der Waals surface area contributed by atoms with Crippen molar-refractivity contribution in [3.8, 4) is 0 Å². The summed E-state index contributed by atoms with van der Waals surface area (Å²) < 4.78 is 18.7. The molecule has 160 valence electrons. The lowest BCUT2D eigenvalue weighted by Gasteiger charge is -2.30. The Balaban J connectivity index is 1.40. The zero-order valence-corrected chi connectivity index (χ0v) is 17.4. The molecule has 0 saturated carbocycles. The van der Waals surface area contributed by atoms with Crippen LogP contribution in [0, 0.1) is 11.7 Å². The molecule has 1 N–H and O–H groups in total. The number of halogens is 1. The van der Waals surface area contributed by atoms with Gasteiger partial charge in [0.1, 0.15) is 11.6 Å². The van der Waals surface area contributed by atoms with E-state index < -0.39 is 0 Å². The summed E-state index contributed by atoms with van der Waals surface area (Å²) in [4.78, 5) is 24.1. The first-order valence-electron chi connectivity index (χ1n) is 10.8. The smallest absolute Gasteiger partial charge is 0.318 e. The molecule has 6 nitrogen and oxygen atoms in total. The largest absolute Gasteiger partial charge is 0.381 e. The van der Waals surface area contributed by atoms with E-state index in [1.807, 2.05) is 13.1 Å². The average molecular weight is 413 g/mol. The topological polar surface area (TPSA) is 67.4 Å². The lowest BCUT2D eigenvalue weighted by Crippen LogP contribution is -2.44. The number of nitrogens with one attached hydrogen (secondary N) is 1. The molecule has 1 aromatic heterocycles. The van der Waals surface area contributed by atoms with Crippen LogP contribution in [0.1, 0.15) is 54.9 Å². The molecule has 0 radical (unpaired) electrons. The molecule has 4 rings (SSSR count). The average Bonchev–Trinajstić information content (AvgIpc) is 2.78. The number of hydrogen-bond donors (Lipinski definition) is 1. The van der Waals surface area contributed by atoms with E-state index >= 15 is 0 Å². The highest BCUT2D eigenvalue weighted by atomic mass is 19.1. The maximum absolute atomic E-state index is 13.2. The quantitative estimate of drug-likeness (QED) is 0.811. The Morgan fingerprint density at radius 2 is 2.07 bits per heavy atom. The number of carbonyl (C=O) groups is 1. The fourth-order valence-corrected chi connectivity index (χ4v) is 4.18. The van der Waals surface area contributed by atoms with Gasteiger partial charge in [0, 0.05) is 32.4 Å². The molecule has 0 spiro atoms. The second-order valence-corrected chi connectivity index (χ2v) is 8.15. The number of urea groups is 1. The molecule has 2 aliphatic heterocycles. The van der Waals surface area contributed by atoms with Crippen molar-refractivity contribution in [1.29, 1.82) is 0 Å². The number of fused-ring (bicyclic) bond motifs is 1. The van der Waals surface area contributed by atoms with Gasteiger partial charge < -0.3 is 15.0 Å². The number of hydrogen-bond acceptors (Lipinski definition) is 4. The Hall–Kier alpha value is -2.54. The van der Waals surface area contributed by atoms with E-state index in [2.05, 4.69) is 10.3 Å². The summed E-state index contributed by atoms with van der Waals surface area (Å²) in [6.45, 7) is 4.77. The Morgan fingerprint density at radius 3 is 2.80 bits per heavy atom. The molecule has 1 atom stereocenters. The summed E-state index contributed by atoms with van der Waals surface area (Å²) in [5, 5.41) is 3.09.